The molecule has 0 aliphatic rings. The Labute approximate surface area is 184 Å². The Balaban J connectivity index is 1.67. The molecule has 0 fully saturated rings. The minimum Gasteiger partial charge on any atom is -0.305 e. The van der Waals surface area contributed by atoms with Gasteiger partial charge in [-0.1, -0.05) is 41.4 Å². The molecule has 0 aliphatic heterocycles. The van der Waals surface area contributed by atoms with Crippen LogP contribution in [0.3, 0.4) is 0 Å². The minimum absolute atomic E-state index is 0.0450. The van der Waals surface area contributed by atoms with Crippen LogP contribution in [0.25, 0.3) is 6.08 Å². The predicted molar refractivity (Wildman–Crippen MR) is 116 cm³/mol. The van der Waals surface area contributed by atoms with Crippen LogP contribution in [0.5, 0.6) is 0 Å². The summed E-state index contributed by atoms with van der Waals surface area (Å²) in [5.74, 6) is -0.0734. The van der Waals surface area contributed by atoms with Gasteiger partial charge >= 0.3 is 0 Å². The molecule has 10 heteroatoms. The van der Waals surface area contributed by atoms with Crippen molar-refractivity contribution in [2.24, 2.45) is 0 Å². The molecule has 0 radical (unpaired) electrons. The van der Waals surface area contributed by atoms with Crippen LogP contribution in [0.1, 0.15) is 11.1 Å². The Hall–Kier alpha value is -2.68. The van der Waals surface area contributed by atoms with E-state index in [-0.39, 0.29) is 5.69 Å². The molecule has 0 saturated carbocycles. The van der Waals surface area contributed by atoms with E-state index in [4.69, 9.17) is 23.2 Å². The number of aromatic nitrogens is 2. The number of amides is 1. The number of nitro groups is 1. The van der Waals surface area contributed by atoms with E-state index in [0.29, 0.717) is 32.4 Å². The summed E-state index contributed by atoms with van der Waals surface area (Å²) in [6, 6.07) is 11.3. The van der Waals surface area contributed by atoms with Crippen LogP contribution in [0.15, 0.2) is 59.2 Å². The number of hydrogen-bond donors (Lipinski definition) is 1. The lowest BCUT2D eigenvalue weighted by Crippen LogP contribution is -2.09. The van der Waals surface area contributed by atoms with Crippen molar-refractivity contribution in [3.63, 3.8) is 0 Å². The summed E-state index contributed by atoms with van der Waals surface area (Å²) in [5.41, 5.74) is 1.40. The van der Waals surface area contributed by atoms with Crippen LogP contribution in [-0.4, -0.2) is 20.6 Å². The number of carbonyl (C=O) groups is 1. The number of halogens is 3. The first kappa shape index (κ1) is 21.0. The molecule has 2 aromatic carbocycles. The quantitative estimate of drug-likeness (QED) is 0.275. The summed E-state index contributed by atoms with van der Waals surface area (Å²) >= 11 is 15.3. The highest BCUT2D eigenvalue weighted by molar-refractivity contribution is 9.10. The van der Waals surface area contributed by atoms with E-state index in [9.17, 15) is 14.9 Å². The Morgan fingerprint density at radius 3 is 2.76 bits per heavy atom. The highest BCUT2D eigenvalue weighted by Crippen LogP contribution is 2.24. The third-order valence-corrected chi connectivity index (χ3v) is 5.11. The lowest BCUT2D eigenvalue weighted by Gasteiger charge is -2.03. The largest absolute Gasteiger partial charge is 0.305 e. The van der Waals surface area contributed by atoms with Gasteiger partial charge in [-0.25, -0.2) is 0 Å². The van der Waals surface area contributed by atoms with Crippen molar-refractivity contribution >= 4 is 62.6 Å². The zero-order chi connectivity index (χ0) is 21.0. The smallest absolute Gasteiger partial charge is 0.270 e. The molecule has 29 heavy (non-hydrogen) atoms. The molecule has 0 bridgehead atoms. The Morgan fingerprint density at radius 2 is 2.03 bits per heavy atom. The molecule has 0 atom stereocenters. The fourth-order valence-corrected chi connectivity index (χ4v) is 3.20. The van der Waals surface area contributed by atoms with Crippen LogP contribution in [0.2, 0.25) is 10.0 Å². The van der Waals surface area contributed by atoms with Crippen LogP contribution in [-0.2, 0) is 11.3 Å². The van der Waals surface area contributed by atoms with Gasteiger partial charge in [-0.3, -0.25) is 19.6 Å². The van der Waals surface area contributed by atoms with E-state index >= 15 is 0 Å². The predicted octanol–water partition coefficient (Wildman–Crippen LogP) is 5.56. The summed E-state index contributed by atoms with van der Waals surface area (Å²) in [7, 11) is 0. The third kappa shape index (κ3) is 5.66. The number of nitrogens with one attached hydrogen (secondary N) is 1. The Bertz CT molecular complexity index is 1110. The van der Waals surface area contributed by atoms with Crippen LogP contribution >= 0.6 is 39.1 Å². The summed E-state index contributed by atoms with van der Waals surface area (Å²) in [4.78, 5) is 22.5. The van der Waals surface area contributed by atoms with Crippen molar-refractivity contribution in [3.8, 4) is 0 Å². The molecular formula is C19H13BrCl2N4O3. The maximum absolute atomic E-state index is 12.2. The van der Waals surface area contributed by atoms with Crippen molar-refractivity contribution in [2.75, 3.05) is 5.32 Å². The molecule has 0 aliphatic carbocycles. The first-order valence-electron chi connectivity index (χ1n) is 8.22. The fraction of sp³-hybridized carbons (Fsp3) is 0.0526. The van der Waals surface area contributed by atoms with E-state index < -0.39 is 10.8 Å². The molecule has 7 nitrogen and oxygen atoms in total. The Morgan fingerprint density at radius 1 is 1.24 bits per heavy atom. The third-order valence-electron chi connectivity index (χ3n) is 3.80. The molecule has 1 N–H and O–H groups in total. The Kier molecular flexibility index (Phi) is 6.68. The first-order valence-corrected chi connectivity index (χ1v) is 9.77. The van der Waals surface area contributed by atoms with Gasteiger partial charge < -0.3 is 5.32 Å². The molecule has 148 valence electrons. The summed E-state index contributed by atoms with van der Waals surface area (Å²) in [6.07, 6.45) is 4.49. The van der Waals surface area contributed by atoms with Gasteiger partial charge in [0.15, 0.2) is 5.82 Å². The van der Waals surface area contributed by atoms with Crippen molar-refractivity contribution < 1.29 is 9.72 Å². The average molecular weight is 496 g/mol. The van der Waals surface area contributed by atoms with Crippen molar-refractivity contribution in [1.82, 2.24) is 9.78 Å². The number of anilines is 1. The highest BCUT2D eigenvalue weighted by Gasteiger charge is 2.10. The van der Waals surface area contributed by atoms with Gasteiger partial charge in [0, 0.05) is 24.4 Å². The number of benzene rings is 2. The van der Waals surface area contributed by atoms with Gasteiger partial charge in [-0.05, 0) is 45.3 Å². The molecule has 1 heterocycles. The van der Waals surface area contributed by atoms with Crippen LogP contribution < -0.4 is 5.32 Å². The van der Waals surface area contributed by atoms with Crippen molar-refractivity contribution in [1.29, 1.82) is 0 Å². The van der Waals surface area contributed by atoms with Gasteiger partial charge in [0.05, 0.1) is 26.0 Å². The molecule has 0 unspecified atom stereocenters. The summed E-state index contributed by atoms with van der Waals surface area (Å²) in [5, 5.41) is 18.7. The van der Waals surface area contributed by atoms with E-state index in [0.717, 1.165) is 5.56 Å². The summed E-state index contributed by atoms with van der Waals surface area (Å²) in [6.45, 7) is 0.439. The second-order valence-electron chi connectivity index (χ2n) is 5.95. The van der Waals surface area contributed by atoms with Crippen LogP contribution in [0.4, 0.5) is 11.5 Å². The molecule has 3 rings (SSSR count). The second-order valence-corrected chi connectivity index (χ2v) is 7.62. The first-order chi connectivity index (χ1) is 13.8. The minimum atomic E-state index is -0.491. The molecule has 0 spiro atoms. The van der Waals surface area contributed by atoms with Gasteiger partial charge in [-0.2, -0.15) is 5.10 Å². The number of rotatable bonds is 6. The molecule has 3 aromatic rings. The normalized spacial score (nSPS) is 11.0. The zero-order valence-corrected chi connectivity index (χ0v) is 17.8. The van der Waals surface area contributed by atoms with E-state index in [1.807, 2.05) is 6.07 Å². The molecule has 1 aromatic heterocycles. The number of nitrogens with zero attached hydrogens (tertiary/aromatic N) is 3. The maximum atomic E-state index is 12.2. The SMILES string of the molecule is O=C(/C=C/c1cccc([N+](=O)[O-])c1)Nc1nn(Cc2ccc(Cl)c(Cl)c2)cc1Br. The molecule has 1 amide bonds. The topological polar surface area (TPSA) is 90.1 Å². The number of hydrogen-bond acceptors (Lipinski definition) is 4. The van der Waals surface area contributed by atoms with E-state index in [1.54, 1.807) is 35.1 Å². The summed E-state index contributed by atoms with van der Waals surface area (Å²) < 4.78 is 2.25. The second kappa shape index (κ2) is 9.21. The van der Waals surface area contributed by atoms with Crippen molar-refractivity contribution in [3.05, 3.63) is 90.5 Å². The van der Waals surface area contributed by atoms with Gasteiger partial charge in [0.1, 0.15) is 0 Å². The maximum Gasteiger partial charge on any atom is 0.270 e. The number of non-ortho nitro benzene ring substituents is 1. The zero-order valence-electron chi connectivity index (χ0n) is 14.7. The average Bonchev–Trinajstić information content (AvgIpc) is 3.02. The van der Waals surface area contributed by atoms with Crippen LogP contribution in [0, 0.1) is 10.1 Å². The van der Waals surface area contributed by atoms with Gasteiger partial charge in [0.2, 0.25) is 5.91 Å². The molecule has 0 saturated heterocycles. The molecular weight excluding hydrogens is 483 g/mol. The van der Waals surface area contributed by atoms with Gasteiger partial charge in [-0.15, -0.1) is 0 Å². The van der Waals surface area contributed by atoms with E-state index in [1.165, 1.54) is 24.3 Å². The van der Waals surface area contributed by atoms with E-state index in [2.05, 4.69) is 26.3 Å². The highest BCUT2D eigenvalue weighted by atomic mass is 79.9. The lowest BCUT2D eigenvalue weighted by atomic mass is 10.2. The fourth-order valence-electron chi connectivity index (χ4n) is 2.46. The lowest BCUT2D eigenvalue weighted by molar-refractivity contribution is -0.384. The van der Waals surface area contributed by atoms with Crippen molar-refractivity contribution in [2.45, 2.75) is 6.54 Å². The monoisotopic (exact) mass is 494 g/mol. The number of carbonyl (C=O) groups excluding carboxylic acids is 1. The standard InChI is InChI=1S/C19H13BrCl2N4O3/c20-15-11-25(10-13-4-6-16(21)17(22)9-13)24-19(15)23-18(27)7-5-12-2-1-3-14(8-12)26(28)29/h1-9,11H,10H2,(H,23,24,27)/b7-5+. The van der Waals surface area contributed by atoms with Gasteiger partial charge in [0.25, 0.3) is 5.69 Å². The number of nitro benzene ring substituents is 1.